The van der Waals surface area contributed by atoms with Gasteiger partial charge in [-0.05, 0) is 43.5 Å². The fourth-order valence-electron chi connectivity index (χ4n) is 2.23. The van der Waals surface area contributed by atoms with Gasteiger partial charge in [-0.1, -0.05) is 29.3 Å². The minimum absolute atomic E-state index is 0.0970. The van der Waals surface area contributed by atoms with Crippen molar-refractivity contribution in [1.29, 1.82) is 0 Å². The van der Waals surface area contributed by atoms with Crippen LogP contribution in [0.5, 0.6) is 0 Å². The largest absolute Gasteiger partial charge is 0.352 e. The summed E-state index contributed by atoms with van der Waals surface area (Å²) in [7, 11) is 0. The van der Waals surface area contributed by atoms with E-state index in [-0.39, 0.29) is 11.9 Å². The van der Waals surface area contributed by atoms with Gasteiger partial charge in [0.15, 0.2) is 0 Å². The van der Waals surface area contributed by atoms with E-state index in [1.54, 1.807) is 6.07 Å². The molecule has 2 rings (SSSR count). The lowest BCUT2D eigenvalue weighted by Crippen LogP contribution is -2.45. The van der Waals surface area contributed by atoms with Crippen LogP contribution < -0.4 is 10.6 Å². The Morgan fingerprint density at radius 2 is 2.21 bits per heavy atom. The Morgan fingerprint density at radius 3 is 2.89 bits per heavy atom. The fourth-order valence-corrected chi connectivity index (χ4v) is 2.55. The molecule has 1 fully saturated rings. The lowest BCUT2D eigenvalue weighted by Gasteiger charge is -2.23. The fraction of sp³-hybridized carbons (Fsp3) is 0.500. The van der Waals surface area contributed by atoms with Gasteiger partial charge in [-0.25, -0.2) is 0 Å². The monoisotopic (exact) mass is 300 g/mol. The van der Waals surface area contributed by atoms with Gasteiger partial charge in [0.25, 0.3) is 0 Å². The third-order valence-electron chi connectivity index (χ3n) is 3.29. The van der Waals surface area contributed by atoms with Crippen LogP contribution in [-0.2, 0) is 11.2 Å². The van der Waals surface area contributed by atoms with Gasteiger partial charge in [-0.15, -0.1) is 0 Å². The topological polar surface area (TPSA) is 41.1 Å². The first-order valence-electron chi connectivity index (χ1n) is 6.59. The van der Waals surface area contributed by atoms with E-state index < -0.39 is 0 Å². The van der Waals surface area contributed by atoms with Gasteiger partial charge in [0.05, 0.1) is 10.0 Å². The summed E-state index contributed by atoms with van der Waals surface area (Å²) in [5.41, 5.74) is 1.03. The molecule has 5 heteroatoms. The first kappa shape index (κ1) is 14.6. The van der Waals surface area contributed by atoms with Crippen LogP contribution in [0.15, 0.2) is 18.2 Å². The van der Waals surface area contributed by atoms with E-state index in [2.05, 4.69) is 10.6 Å². The molecule has 3 nitrogen and oxygen atoms in total. The molecule has 0 bridgehead atoms. The van der Waals surface area contributed by atoms with E-state index in [0.29, 0.717) is 22.9 Å². The number of benzene rings is 1. The Labute approximate surface area is 123 Å². The Balaban J connectivity index is 1.77. The molecule has 1 aliphatic heterocycles. The number of hydrogen-bond acceptors (Lipinski definition) is 2. The van der Waals surface area contributed by atoms with Crippen molar-refractivity contribution in [3.8, 4) is 0 Å². The molecule has 0 aromatic heterocycles. The molecule has 1 aromatic carbocycles. The van der Waals surface area contributed by atoms with Crippen LogP contribution in [0.25, 0.3) is 0 Å². The first-order chi connectivity index (χ1) is 9.15. The van der Waals surface area contributed by atoms with Gasteiger partial charge in [-0.3, -0.25) is 4.79 Å². The van der Waals surface area contributed by atoms with Crippen molar-refractivity contribution in [2.75, 3.05) is 13.1 Å². The molecule has 0 aliphatic carbocycles. The number of aryl methyl sites for hydroxylation is 1. The molecule has 0 radical (unpaired) electrons. The number of carbonyl (C=O) groups is 1. The summed E-state index contributed by atoms with van der Waals surface area (Å²) in [5.74, 6) is 0.0970. The number of amides is 1. The second-order valence-corrected chi connectivity index (χ2v) is 5.67. The summed E-state index contributed by atoms with van der Waals surface area (Å²) in [6.07, 6.45) is 3.35. The van der Waals surface area contributed by atoms with E-state index in [4.69, 9.17) is 23.2 Å². The SMILES string of the molecule is O=C(CCc1ccc(Cl)c(Cl)c1)N[C@H]1CCCNC1. The Bertz CT molecular complexity index is 445. The maximum Gasteiger partial charge on any atom is 0.220 e. The van der Waals surface area contributed by atoms with Crippen molar-refractivity contribution in [1.82, 2.24) is 10.6 Å². The standard InChI is InChI=1S/C14H18Cl2N2O/c15-12-5-3-10(8-13(12)16)4-6-14(19)18-11-2-1-7-17-9-11/h3,5,8,11,17H,1-2,4,6-7,9H2,(H,18,19)/t11-/m0/s1. The summed E-state index contributed by atoms with van der Waals surface area (Å²) in [6, 6.07) is 5.76. The van der Waals surface area contributed by atoms with Crippen molar-refractivity contribution >= 4 is 29.1 Å². The molecule has 104 valence electrons. The van der Waals surface area contributed by atoms with Crippen LogP contribution in [0.3, 0.4) is 0 Å². The van der Waals surface area contributed by atoms with Gasteiger partial charge in [0.2, 0.25) is 5.91 Å². The molecule has 1 atom stereocenters. The highest BCUT2D eigenvalue weighted by atomic mass is 35.5. The molecule has 1 saturated heterocycles. The van der Waals surface area contributed by atoms with Gasteiger partial charge >= 0.3 is 0 Å². The van der Waals surface area contributed by atoms with E-state index >= 15 is 0 Å². The zero-order valence-electron chi connectivity index (χ0n) is 10.7. The summed E-state index contributed by atoms with van der Waals surface area (Å²) < 4.78 is 0. The molecule has 19 heavy (non-hydrogen) atoms. The highest BCUT2D eigenvalue weighted by Gasteiger charge is 2.15. The minimum Gasteiger partial charge on any atom is -0.352 e. The quantitative estimate of drug-likeness (QED) is 0.898. The maximum absolute atomic E-state index is 11.8. The van der Waals surface area contributed by atoms with E-state index in [0.717, 1.165) is 31.5 Å². The zero-order chi connectivity index (χ0) is 13.7. The zero-order valence-corrected chi connectivity index (χ0v) is 12.2. The van der Waals surface area contributed by atoms with Crippen LogP contribution in [0.1, 0.15) is 24.8 Å². The Kier molecular flexibility index (Phi) is 5.49. The van der Waals surface area contributed by atoms with Crippen molar-refractivity contribution in [2.24, 2.45) is 0 Å². The normalized spacial score (nSPS) is 19.2. The molecule has 1 aliphatic rings. The number of halogens is 2. The maximum atomic E-state index is 11.8. The lowest BCUT2D eigenvalue weighted by atomic mass is 10.1. The summed E-state index contributed by atoms with van der Waals surface area (Å²) >= 11 is 11.8. The van der Waals surface area contributed by atoms with Gasteiger partial charge in [-0.2, -0.15) is 0 Å². The van der Waals surface area contributed by atoms with Crippen LogP contribution in [0.2, 0.25) is 10.0 Å². The molecule has 0 saturated carbocycles. The molecule has 2 N–H and O–H groups in total. The molecule has 0 unspecified atom stereocenters. The predicted molar refractivity (Wildman–Crippen MR) is 78.8 cm³/mol. The van der Waals surface area contributed by atoms with E-state index in [1.165, 1.54) is 0 Å². The first-order valence-corrected chi connectivity index (χ1v) is 7.35. The van der Waals surface area contributed by atoms with Crippen LogP contribution >= 0.6 is 23.2 Å². The highest BCUT2D eigenvalue weighted by Crippen LogP contribution is 2.23. The molecule has 1 heterocycles. The number of piperidine rings is 1. The van der Waals surface area contributed by atoms with Gasteiger partial charge in [0.1, 0.15) is 0 Å². The summed E-state index contributed by atoms with van der Waals surface area (Å²) in [4.78, 5) is 11.8. The van der Waals surface area contributed by atoms with Crippen LogP contribution in [-0.4, -0.2) is 25.0 Å². The second-order valence-electron chi connectivity index (χ2n) is 4.86. The van der Waals surface area contributed by atoms with Gasteiger partial charge < -0.3 is 10.6 Å². The number of carbonyl (C=O) groups excluding carboxylic acids is 1. The number of hydrogen-bond donors (Lipinski definition) is 2. The van der Waals surface area contributed by atoms with Crippen molar-refractivity contribution in [3.05, 3.63) is 33.8 Å². The summed E-state index contributed by atoms with van der Waals surface area (Å²) in [6.45, 7) is 1.92. The van der Waals surface area contributed by atoms with E-state index in [9.17, 15) is 4.79 Å². The lowest BCUT2D eigenvalue weighted by molar-refractivity contribution is -0.121. The van der Waals surface area contributed by atoms with Crippen molar-refractivity contribution in [3.63, 3.8) is 0 Å². The van der Waals surface area contributed by atoms with Gasteiger partial charge in [0, 0.05) is 19.0 Å². The van der Waals surface area contributed by atoms with Crippen molar-refractivity contribution in [2.45, 2.75) is 31.7 Å². The average molecular weight is 301 g/mol. The average Bonchev–Trinajstić information content (AvgIpc) is 2.41. The molecule has 1 amide bonds. The number of nitrogens with one attached hydrogen (secondary N) is 2. The highest BCUT2D eigenvalue weighted by molar-refractivity contribution is 6.42. The summed E-state index contributed by atoms with van der Waals surface area (Å²) in [5, 5.41) is 7.42. The number of rotatable bonds is 4. The molecule has 0 spiro atoms. The molecular formula is C14H18Cl2N2O. The second kappa shape index (κ2) is 7.13. The van der Waals surface area contributed by atoms with E-state index in [1.807, 2.05) is 12.1 Å². The predicted octanol–water partition coefficient (Wildman–Crippen LogP) is 2.79. The van der Waals surface area contributed by atoms with Crippen LogP contribution in [0, 0.1) is 0 Å². The minimum atomic E-state index is 0.0970. The van der Waals surface area contributed by atoms with Crippen LogP contribution in [0.4, 0.5) is 0 Å². The molecular weight excluding hydrogens is 283 g/mol. The third kappa shape index (κ3) is 4.68. The van der Waals surface area contributed by atoms with Crippen molar-refractivity contribution < 1.29 is 4.79 Å². The molecule has 1 aromatic rings. The Morgan fingerprint density at radius 1 is 1.37 bits per heavy atom. The smallest absolute Gasteiger partial charge is 0.220 e. The Hall–Kier alpha value is -0.770. The third-order valence-corrected chi connectivity index (χ3v) is 4.03.